The average molecular weight is 825 g/mol. The number of unbranched alkanes of at least 4 members (excludes halogenated alkanes) is 10. The van der Waals surface area contributed by atoms with Crippen molar-refractivity contribution in [2.45, 2.75) is 167 Å². The summed E-state index contributed by atoms with van der Waals surface area (Å²) >= 11 is 0. The van der Waals surface area contributed by atoms with Gasteiger partial charge in [0.05, 0.1) is 25.9 Å². The normalized spacial score (nSPS) is 15.2. The molecule has 0 saturated carbocycles. The maximum atomic E-state index is 12.6. The van der Waals surface area contributed by atoms with Gasteiger partial charge in [-0.2, -0.15) is 0 Å². The zero-order valence-electron chi connectivity index (χ0n) is 35.3. The summed E-state index contributed by atoms with van der Waals surface area (Å²) in [5, 5.41) is 28.5. The van der Waals surface area contributed by atoms with Crippen LogP contribution in [0.1, 0.15) is 149 Å². The first-order chi connectivity index (χ1) is 27.5. The van der Waals surface area contributed by atoms with E-state index in [2.05, 4.69) is 61.8 Å². The Bertz CT molecular complexity index is 1210. The Kier molecular flexibility index (Phi) is 37.1. The van der Waals surface area contributed by atoms with Crippen LogP contribution >= 0.6 is 7.82 Å². The van der Waals surface area contributed by atoms with Crippen molar-refractivity contribution in [1.29, 1.82) is 0 Å². The van der Waals surface area contributed by atoms with Gasteiger partial charge in [0.1, 0.15) is 12.7 Å². The lowest BCUT2D eigenvalue weighted by atomic mass is 10.0. The monoisotopic (exact) mass is 825 g/mol. The van der Waals surface area contributed by atoms with E-state index in [1.807, 2.05) is 12.2 Å². The second kappa shape index (κ2) is 38.9. The van der Waals surface area contributed by atoms with Gasteiger partial charge in [-0.25, -0.2) is 4.57 Å². The Morgan fingerprint density at radius 3 is 1.81 bits per heavy atom. The summed E-state index contributed by atoms with van der Waals surface area (Å²) in [4.78, 5) is 35.0. The first-order valence-electron chi connectivity index (χ1n) is 21.4. The molecule has 11 nitrogen and oxygen atoms in total. The van der Waals surface area contributed by atoms with Crippen LogP contribution < -0.4 is 0 Å². The van der Waals surface area contributed by atoms with Crippen LogP contribution in [0.15, 0.2) is 72.9 Å². The number of esters is 2. The van der Waals surface area contributed by atoms with Gasteiger partial charge < -0.3 is 29.7 Å². The average Bonchev–Trinajstić information content (AvgIpc) is 3.18. The van der Waals surface area contributed by atoms with Gasteiger partial charge in [-0.05, 0) is 50.9 Å². The van der Waals surface area contributed by atoms with Gasteiger partial charge in [0.25, 0.3) is 0 Å². The maximum Gasteiger partial charge on any atom is 0.472 e. The van der Waals surface area contributed by atoms with E-state index < -0.39 is 57.9 Å². The second-order valence-electron chi connectivity index (χ2n) is 14.7. The predicted molar refractivity (Wildman–Crippen MR) is 229 cm³/mol. The number of rotatable bonds is 38. The molecular weight excluding hydrogens is 747 g/mol. The summed E-state index contributed by atoms with van der Waals surface area (Å²) in [5.74, 6) is -0.322. The molecule has 0 amide bonds. The van der Waals surface area contributed by atoms with E-state index in [0.29, 0.717) is 19.3 Å². The number of carbonyl (C=O) groups is 2. The summed E-state index contributed by atoms with van der Waals surface area (Å²) in [5.41, 5.74) is 0. The zero-order chi connectivity index (χ0) is 42.2. The summed E-state index contributed by atoms with van der Waals surface area (Å²) in [6.07, 6.45) is 39.1. The second-order valence-corrected chi connectivity index (χ2v) is 16.1. The summed E-state index contributed by atoms with van der Waals surface area (Å²) in [6, 6.07) is 0. The number of phosphoric acid groups is 1. The van der Waals surface area contributed by atoms with Crippen LogP contribution in [0.25, 0.3) is 0 Å². The molecule has 0 spiro atoms. The molecule has 0 aromatic heterocycles. The Hall–Kier alpha value is -2.63. The standard InChI is InChI=1S/C45H77O11P/c1-4-5-6-7-8-9-10-11-14-17-20-23-27-32-41(47)33-28-25-30-35-45(50)56-43(39-55-57(51,52)54-37-42(48)36-46)38-53-44(49)34-29-24-21-18-15-12-13-16-19-22-26-31-40(2)3/h5-6,8-9,11,14,20,23,25,27-28,32,40-43,46-48H,4,7,10,12-13,15-19,21-22,24,26,29-31,33-39H2,1-3H3,(H,51,52)/b6-5-,9-8-,14-11-,23-20-,28-25-,32-27-/t41?,42-,43+/m0/s1. The van der Waals surface area contributed by atoms with Gasteiger partial charge in [0, 0.05) is 12.8 Å². The van der Waals surface area contributed by atoms with Gasteiger partial charge in [-0.15, -0.1) is 0 Å². The molecule has 0 bridgehead atoms. The van der Waals surface area contributed by atoms with Gasteiger partial charge in [-0.1, -0.05) is 164 Å². The number of ether oxygens (including phenoxy) is 2. The molecule has 0 aliphatic carbocycles. The number of carbonyl (C=O) groups excluding carboxylic acids is 2. The third kappa shape index (κ3) is 40.0. The van der Waals surface area contributed by atoms with E-state index in [-0.39, 0.29) is 19.4 Å². The molecule has 4 atom stereocenters. The minimum absolute atomic E-state index is 0.0247. The van der Waals surface area contributed by atoms with E-state index >= 15 is 0 Å². The van der Waals surface area contributed by atoms with E-state index in [4.69, 9.17) is 19.1 Å². The van der Waals surface area contributed by atoms with Crippen molar-refractivity contribution in [2.75, 3.05) is 26.4 Å². The van der Waals surface area contributed by atoms with Crippen molar-refractivity contribution in [2.24, 2.45) is 5.92 Å². The van der Waals surface area contributed by atoms with Gasteiger partial charge >= 0.3 is 19.8 Å². The van der Waals surface area contributed by atoms with Crippen molar-refractivity contribution in [1.82, 2.24) is 0 Å². The Morgan fingerprint density at radius 2 is 1.21 bits per heavy atom. The molecule has 0 radical (unpaired) electrons. The fraction of sp³-hybridized carbons (Fsp3) is 0.689. The van der Waals surface area contributed by atoms with E-state index in [9.17, 15) is 29.3 Å². The molecule has 328 valence electrons. The first kappa shape index (κ1) is 54.4. The summed E-state index contributed by atoms with van der Waals surface area (Å²) < 4.78 is 32.5. The highest BCUT2D eigenvalue weighted by molar-refractivity contribution is 7.47. The van der Waals surface area contributed by atoms with E-state index in [1.165, 1.54) is 51.4 Å². The van der Waals surface area contributed by atoms with E-state index in [1.54, 1.807) is 24.3 Å². The van der Waals surface area contributed by atoms with Crippen LogP contribution in [-0.2, 0) is 32.7 Å². The van der Waals surface area contributed by atoms with Gasteiger partial charge in [0.15, 0.2) is 6.10 Å². The first-order valence-corrected chi connectivity index (χ1v) is 22.9. The zero-order valence-corrected chi connectivity index (χ0v) is 36.2. The van der Waals surface area contributed by atoms with Gasteiger partial charge in [-0.3, -0.25) is 18.6 Å². The molecule has 0 aromatic carbocycles. The summed E-state index contributed by atoms with van der Waals surface area (Å²) in [7, 11) is -4.67. The summed E-state index contributed by atoms with van der Waals surface area (Å²) in [6.45, 7) is 4.36. The molecule has 0 aromatic rings. The molecule has 0 rings (SSSR count). The third-order valence-corrected chi connectivity index (χ3v) is 9.60. The van der Waals surface area contributed by atoms with Gasteiger partial charge in [0.2, 0.25) is 0 Å². The lowest BCUT2D eigenvalue weighted by Gasteiger charge is -2.20. The molecule has 12 heteroatoms. The van der Waals surface area contributed by atoms with Crippen molar-refractivity contribution in [3.63, 3.8) is 0 Å². The van der Waals surface area contributed by atoms with Crippen LogP contribution in [0.3, 0.4) is 0 Å². The quantitative estimate of drug-likeness (QED) is 0.0154. The maximum absolute atomic E-state index is 12.6. The van der Waals surface area contributed by atoms with Crippen LogP contribution in [0, 0.1) is 5.92 Å². The lowest BCUT2D eigenvalue weighted by Crippen LogP contribution is -2.29. The van der Waals surface area contributed by atoms with Crippen molar-refractivity contribution >= 4 is 19.8 Å². The smallest absolute Gasteiger partial charge is 0.462 e. The number of allylic oxidation sites excluding steroid dienone is 10. The van der Waals surface area contributed by atoms with Crippen LogP contribution in [0.5, 0.6) is 0 Å². The molecule has 57 heavy (non-hydrogen) atoms. The number of aliphatic hydroxyl groups is 3. The molecule has 0 saturated heterocycles. The number of hydrogen-bond donors (Lipinski definition) is 4. The molecule has 0 fully saturated rings. The molecular formula is C45H77O11P. The highest BCUT2D eigenvalue weighted by Crippen LogP contribution is 2.43. The molecule has 0 heterocycles. The third-order valence-electron chi connectivity index (χ3n) is 8.65. The van der Waals surface area contributed by atoms with Crippen molar-refractivity contribution in [3.8, 4) is 0 Å². The Morgan fingerprint density at radius 1 is 0.649 bits per heavy atom. The lowest BCUT2D eigenvalue weighted by molar-refractivity contribution is -0.161. The SMILES string of the molecule is CC/C=C\C/C=C\C/C=C\C/C=C\C=C/C(O)C/C=C\CCC(=O)O[C@H](COC(=O)CCCCCCCCCCCCCC(C)C)COP(=O)(O)OC[C@@H](O)CO. The minimum Gasteiger partial charge on any atom is -0.462 e. The van der Waals surface area contributed by atoms with Crippen LogP contribution in [0.2, 0.25) is 0 Å². The Balaban J connectivity index is 4.55. The predicted octanol–water partition coefficient (Wildman–Crippen LogP) is 10.1. The number of hydrogen-bond acceptors (Lipinski definition) is 10. The molecule has 0 aliphatic heterocycles. The van der Waals surface area contributed by atoms with Crippen LogP contribution in [0.4, 0.5) is 0 Å². The fourth-order valence-electron chi connectivity index (χ4n) is 5.35. The molecule has 4 N–H and O–H groups in total. The molecule has 2 unspecified atom stereocenters. The topological polar surface area (TPSA) is 169 Å². The number of phosphoric ester groups is 1. The van der Waals surface area contributed by atoms with Crippen molar-refractivity contribution in [3.05, 3.63) is 72.9 Å². The van der Waals surface area contributed by atoms with Crippen molar-refractivity contribution < 1.29 is 52.9 Å². The Labute approximate surface area is 344 Å². The highest BCUT2D eigenvalue weighted by atomic mass is 31.2. The van der Waals surface area contributed by atoms with Crippen LogP contribution in [-0.4, -0.2) is 76.9 Å². The number of aliphatic hydroxyl groups excluding tert-OH is 3. The largest absolute Gasteiger partial charge is 0.472 e. The minimum atomic E-state index is -4.67. The van der Waals surface area contributed by atoms with E-state index in [0.717, 1.165) is 50.9 Å². The molecule has 0 aliphatic rings. The fourth-order valence-corrected chi connectivity index (χ4v) is 6.14. The highest BCUT2D eigenvalue weighted by Gasteiger charge is 2.27.